The summed E-state index contributed by atoms with van der Waals surface area (Å²) in [7, 11) is 0. The molecule has 0 saturated carbocycles. The molecule has 12 aromatic rings. The quantitative estimate of drug-likeness (QED) is 0.165. The normalized spacial score (nSPS) is 11.9. The molecular weight excluding hydrogens is 695 g/mol. The molecule has 0 saturated heterocycles. The Bertz CT molecular complexity index is 3520. The number of nitrogens with zero attached hydrogens (tertiary/aromatic N) is 1. The molecule has 0 unspecified atom stereocenters. The lowest BCUT2D eigenvalue weighted by atomic mass is 9.97. The molecule has 0 atom stereocenters. The molecule has 12 rings (SSSR count). The van der Waals surface area contributed by atoms with E-state index in [4.69, 9.17) is 8.83 Å². The van der Waals surface area contributed by atoms with Gasteiger partial charge in [0.15, 0.2) is 0 Å². The van der Waals surface area contributed by atoms with E-state index in [1.165, 1.54) is 32.7 Å². The summed E-state index contributed by atoms with van der Waals surface area (Å²) in [5.41, 5.74) is 11.3. The van der Waals surface area contributed by atoms with Crippen molar-refractivity contribution in [1.82, 2.24) is 0 Å². The van der Waals surface area contributed by atoms with Crippen molar-refractivity contribution >= 4 is 93.3 Å². The maximum Gasteiger partial charge on any atom is 0.143 e. The maximum absolute atomic E-state index is 6.67. The van der Waals surface area contributed by atoms with Gasteiger partial charge in [-0.25, -0.2) is 0 Å². The monoisotopic (exact) mass is 727 g/mol. The van der Waals surface area contributed by atoms with Crippen LogP contribution in [0.1, 0.15) is 0 Å². The fraction of sp³-hybridized carbons (Fsp3) is 0. The average Bonchev–Trinajstić information content (AvgIpc) is 3.86. The van der Waals surface area contributed by atoms with Crippen LogP contribution in [0.5, 0.6) is 0 Å². The molecule has 0 bridgehead atoms. The smallest absolute Gasteiger partial charge is 0.143 e. The first-order valence-electron chi connectivity index (χ1n) is 19.4. The van der Waals surface area contributed by atoms with E-state index < -0.39 is 0 Å². The van der Waals surface area contributed by atoms with Crippen LogP contribution in [0.4, 0.5) is 17.1 Å². The van der Waals surface area contributed by atoms with E-state index in [1.54, 1.807) is 0 Å². The van der Waals surface area contributed by atoms with Crippen LogP contribution >= 0.6 is 0 Å². The Morgan fingerprint density at radius 3 is 1.60 bits per heavy atom. The van der Waals surface area contributed by atoms with Crippen LogP contribution in [0.2, 0.25) is 0 Å². The van der Waals surface area contributed by atoms with E-state index in [-0.39, 0.29) is 0 Å². The Balaban J connectivity index is 0.989. The Labute approximate surface area is 328 Å². The third-order valence-corrected chi connectivity index (χ3v) is 11.6. The van der Waals surface area contributed by atoms with E-state index in [9.17, 15) is 0 Å². The topological polar surface area (TPSA) is 29.5 Å². The molecule has 3 nitrogen and oxygen atoms in total. The van der Waals surface area contributed by atoms with Gasteiger partial charge < -0.3 is 13.7 Å². The number of hydrogen-bond donors (Lipinski definition) is 0. The van der Waals surface area contributed by atoms with Crippen molar-refractivity contribution in [2.45, 2.75) is 0 Å². The van der Waals surface area contributed by atoms with Gasteiger partial charge in [-0.3, -0.25) is 0 Å². The van der Waals surface area contributed by atoms with Gasteiger partial charge in [0.2, 0.25) is 0 Å². The van der Waals surface area contributed by atoms with Gasteiger partial charge in [0.25, 0.3) is 0 Å². The summed E-state index contributed by atoms with van der Waals surface area (Å²) in [4.78, 5) is 2.36. The Morgan fingerprint density at radius 2 is 0.825 bits per heavy atom. The van der Waals surface area contributed by atoms with Crippen LogP contribution in [-0.2, 0) is 0 Å². The zero-order chi connectivity index (χ0) is 37.5. The molecule has 10 aromatic carbocycles. The van der Waals surface area contributed by atoms with Crippen molar-refractivity contribution in [3.63, 3.8) is 0 Å². The number of hydrogen-bond acceptors (Lipinski definition) is 3. The van der Waals surface area contributed by atoms with E-state index in [2.05, 4.69) is 193 Å². The largest absolute Gasteiger partial charge is 0.456 e. The van der Waals surface area contributed by atoms with E-state index in [0.29, 0.717) is 0 Å². The van der Waals surface area contributed by atoms with Crippen molar-refractivity contribution < 1.29 is 8.83 Å². The molecule has 0 aliphatic heterocycles. The van der Waals surface area contributed by atoms with E-state index in [0.717, 1.165) is 82.8 Å². The summed E-state index contributed by atoms with van der Waals surface area (Å²) in [6.45, 7) is 0. The summed E-state index contributed by atoms with van der Waals surface area (Å²) in [6.07, 6.45) is 0. The lowest BCUT2D eigenvalue weighted by Gasteiger charge is -2.26. The summed E-state index contributed by atoms with van der Waals surface area (Å²) in [5, 5.41) is 11.8. The molecule has 3 heteroatoms. The zero-order valence-corrected chi connectivity index (χ0v) is 30.8. The van der Waals surface area contributed by atoms with Crippen LogP contribution in [0.15, 0.2) is 209 Å². The fourth-order valence-electron chi connectivity index (χ4n) is 8.85. The minimum absolute atomic E-state index is 0.861. The van der Waals surface area contributed by atoms with Crippen molar-refractivity contribution in [1.29, 1.82) is 0 Å². The van der Waals surface area contributed by atoms with Gasteiger partial charge in [-0.2, -0.15) is 0 Å². The lowest BCUT2D eigenvalue weighted by molar-refractivity contribution is 0.669. The number of rotatable bonds is 5. The van der Waals surface area contributed by atoms with Gasteiger partial charge in [-0.05, 0) is 116 Å². The van der Waals surface area contributed by atoms with Crippen LogP contribution in [0, 0.1) is 0 Å². The van der Waals surface area contributed by atoms with E-state index >= 15 is 0 Å². The zero-order valence-electron chi connectivity index (χ0n) is 30.8. The Hall–Kier alpha value is -7.62. The summed E-state index contributed by atoms with van der Waals surface area (Å²) in [6, 6.07) is 71.6. The molecule has 2 aromatic heterocycles. The number of furan rings is 2. The standard InChI is InChI=1S/C54H33NO2/c1-3-10-43-36(8-1)16-17-40-32-38(23-29-44(40)43)34-18-25-41(26-19-34)55(49-13-7-15-51-53(49)48-31-22-37-9-2-4-11-45(37)54(48)57-51)42-27-20-35(21-28-42)39-24-30-47-46-12-5-6-14-50(46)56-52(47)33-39/h1-33H. The first kappa shape index (κ1) is 31.7. The molecule has 57 heavy (non-hydrogen) atoms. The molecule has 0 amide bonds. The van der Waals surface area contributed by atoms with Gasteiger partial charge in [-0.1, -0.05) is 133 Å². The number of fused-ring (bicyclic) bond motifs is 11. The van der Waals surface area contributed by atoms with Crippen molar-refractivity contribution in [3.8, 4) is 22.3 Å². The predicted molar refractivity (Wildman–Crippen MR) is 239 cm³/mol. The highest BCUT2D eigenvalue weighted by atomic mass is 16.3. The molecule has 0 N–H and O–H groups in total. The third-order valence-electron chi connectivity index (χ3n) is 11.6. The second-order valence-electron chi connectivity index (χ2n) is 14.9. The van der Waals surface area contributed by atoms with Crippen LogP contribution in [-0.4, -0.2) is 0 Å². The second kappa shape index (κ2) is 12.5. The third kappa shape index (κ3) is 5.06. The Kier molecular flexibility index (Phi) is 6.93. The van der Waals surface area contributed by atoms with Crippen LogP contribution < -0.4 is 4.90 Å². The number of para-hydroxylation sites is 1. The minimum Gasteiger partial charge on any atom is -0.456 e. The van der Waals surface area contributed by atoms with Gasteiger partial charge in [0.05, 0.1) is 11.1 Å². The summed E-state index contributed by atoms with van der Waals surface area (Å²) in [5.74, 6) is 0. The van der Waals surface area contributed by atoms with Crippen molar-refractivity contribution in [3.05, 3.63) is 200 Å². The van der Waals surface area contributed by atoms with Gasteiger partial charge in [0, 0.05) is 32.9 Å². The van der Waals surface area contributed by atoms with Gasteiger partial charge >= 0.3 is 0 Å². The predicted octanol–water partition coefficient (Wildman–Crippen LogP) is 15.7. The number of anilines is 3. The molecule has 0 aliphatic rings. The molecule has 0 fully saturated rings. The molecular formula is C54H33NO2. The maximum atomic E-state index is 6.67. The van der Waals surface area contributed by atoms with E-state index in [1.807, 2.05) is 12.1 Å². The van der Waals surface area contributed by atoms with Gasteiger partial charge in [0.1, 0.15) is 22.3 Å². The molecule has 0 radical (unpaired) electrons. The lowest BCUT2D eigenvalue weighted by Crippen LogP contribution is -2.10. The number of benzene rings is 10. The van der Waals surface area contributed by atoms with Crippen LogP contribution in [0.3, 0.4) is 0 Å². The van der Waals surface area contributed by atoms with Gasteiger partial charge in [-0.15, -0.1) is 0 Å². The highest BCUT2D eigenvalue weighted by Crippen LogP contribution is 2.45. The molecule has 266 valence electrons. The van der Waals surface area contributed by atoms with Crippen molar-refractivity contribution in [2.24, 2.45) is 0 Å². The fourth-order valence-corrected chi connectivity index (χ4v) is 8.85. The van der Waals surface area contributed by atoms with Crippen molar-refractivity contribution in [2.75, 3.05) is 4.90 Å². The summed E-state index contributed by atoms with van der Waals surface area (Å²) < 4.78 is 12.9. The van der Waals surface area contributed by atoms with Crippen LogP contribution in [0.25, 0.3) is 98.4 Å². The first-order valence-corrected chi connectivity index (χ1v) is 19.4. The summed E-state index contributed by atoms with van der Waals surface area (Å²) >= 11 is 0. The Morgan fingerprint density at radius 1 is 0.298 bits per heavy atom. The molecule has 0 spiro atoms. The molecule has 2 heterocycles. The average molecular weight is 728 g/mol. The minimum atomic E-state index is 0.861. The highest BCUT2D eigenvalue weighted by molar-refractivity contribution is 6.19. The molecule has 0 aliphatic carbocycles. The SMILES string of the molecule is c1ccc2c(c1)ccc1cc(-c3ccc(N(c4ccc(-c5ccc6c(c5)oc5ccccc56)cc4)c4cccc5oc6c7ccccc7ccc6c45)cc3)ccc12. The first-order chi connectivity index (χ1) is 28.2. The second-order valence-corrected chi connectivity index (χ2v) is 14.9. The highest BCUT2D eigenvalue weighted by Gasteiger charge is 2.21.